The number of halogens is 1. The molecule has 0 aliphatic rings. The second kappa shape index (κ2) is 9.65. The van der Waals surface area contributed by atoms with Gasteiger partial charge in [-0.15, -0.1) is 12.4 Å². The van der Waals surface area contributed by atoms with Gasteiger partial charge in [0.2, 0.25) is 5.78 Å². The fraction of sp³-hybridized carbons (Fsp3) is 0.0385. The highest BCUT2D eigenvalue weighted by Gasteiger charge is 2.47. The van der Waals surface area contributed by atoms with Crippen LogP contribution in [0.15, 0.2) is 121 Å². The summed E-state index contributed by atoms with van der Waals surface area (Å²) in [6.07, 6.45) is 0.481. The van der Waals surface area contributed by atoms with Crippen molar-refractivity contribution >= 4 is 41.4 Å². The SMILES string of the molecule is Cl.O=C(C[P+](c1ccccc1)(c1ccccc1)c1ccccc1)c1ccccc1. The van der Waals surface area contributed by atoms with E-state index in [1.165, 1.54) is 15.9 Å². The molecule has 0 saturated carbocycles. The van der Waals surface area contributed by atoms with Crippen molar-refractivity contribution in [2.45, 2.75) is 0 Å². The fourth-order valence-electron chi connectivity index (χ4n) is 3.70. The maximum absolute atomic E-state index is 13.4. The van der Waals surface area contributed by atoms with Crippen LogP contribution in [0.1, 0.15) is 10.4 Å². The Balaban J connectivity index is 0.00000240. The van der Waals surface area contributed by atoms with Crippen LogP contribution in [0, 0.1) is 0 Å². The van der Waals surface area contributed by atoms with Crippen LogP contribution in [-0.4, -0.2) is 11.9 Å². The molecule has 0 fully saturated rings. The minimum atomic E-state index is -2.12. The molecule has 0 bridgehead atoms. The lowest BCUT2D eigenvalue weighted by Crippen LogP contribution is -2.35. The number of hydrogen-bond acceptors (Lipinski definition) is 1. The number of ketones is 1. The van der Waals surface area contributed by atoms with E-state index in [1.807, 2.05) is 48.5 Å². The minimum absolute atomic E-state index is 0. The summed E-state index contributed by atoms with van der Waals surface area (Å²) in [5.74, 6) is 0.186. The molecule has 4 aromatic carbocycles. The van der Waals surface area contributed by atoms with Gasteiger partial charge in [0.1, 0.15) is 29.3 Å². The molecule has 144 valence electrons. The molecule has 0 aliphatic heterocycles. The highest BCUT2D eigenvalue weighted by atomic mass is 35.5. The molecule has 0 N–H and O–H groups in total. The normalized spacial score (nSPS) is 10.8. The van der Waals surface area contributed by atoms with Gasteiger partial charge < -0.3 is 0 Å². The Labute approximate surface area is 179 Å². The molecule has 0 unspecified atom stereocenters. The molecule has 0 aromatic heterocycles. The molecule has 0 aliphatic carbocycles. The summed E-state index contributed by atoms with van der Waals surface area (Å²) in [4.78, 5) is 13.4. The largest absolute Gasteiger partial charge is 0.290 e. The second-order valence-corrected chi connectivity index (χ2v) is 10.2. The fourth-order valence-corrected chi connectivity index (χ4v) is 7.80. The molecule has 0 radical (unpaired) electrons. The van der Waals surface area contributed by atoms with Crippen LogP contribution in [0.5, 0.6) is 0 Å². The smallest absolute Gasteiger partial charge is 0.201 e. The molecule has 0 atom stereocenters. The van der Waals surface area contributed by atoms with E-state index < -0.39 is 7.26 Å². The van der Waals surface area contributed by atoms with Crippen molar-refractivity contribution in [3.8, 4) is 0 Å². The van der Waals surface area contributed by atoms with Gasteiger partial charge in [-0.05, 0) is 36.4 Å². The van der Waals surface area contributed by atoms with Crippen LogP contribution in [-0.2, 0) is 0 Å². The summed E-state index contributed by atoms with van der Waals surface area (Å²) in [5, 5.41) is 3.70. The minimum Gasteiger partial charge on any atom is -0.290 e. The molecule has 0 heterocycles. The van der Waals surface area contributed by atoms with Gasteiger partial charge in [-0.2, -0.15) is 0 Å². The first-order chi connectivity index (χ1) is 13.8. The third-order valence-electron chi connectivity index (χ3n) is 5.07. The molecule has 0 spiro atoms. The molecule has 29 heavy (non-hydrogen) atoms. The van der Waals surface area contributed by atoms with Gasteiger partial charge in [0, 0.05) is 5.56 Å². The summed E-state index contributed by atoms with van der Waals surface area (Å²) in [7, 11) is -2.12. The highest BCUT2D eigenvalue weighted by molar-refractivity contribution is 7.96. The molecule has 4 aromatic rings. The lowest BCUT2D eigenvalue weighted by Gasteiger charge is -2.27. The van der Waals surface area contributed by atoms with E-state index in [0.29, 0.717) is 6.16 Å². The summed E-state index contributed by atoms with van der Waals surface area (Å²) in [6.45, 7) is 0. The van der Waals surface area contributed by atoms with E-state index in [9.17, 15) is 4.79 Å². The predicted octanol–water partition coefficient (Wildman–Crippen LogP) is 5.29. The molecule has 0 saturated heterocycles. The maximum Gasteiger partial charge on any atom is 0.201 e. The molecule has 4 rings (SSSR count). The van der Waals surface area contributed by atoms with Gasteiger partial charge >= 0.3 is 0 Å². The van der Waals surface area contributed by atoms with E-state index in [-0.39, 0.29) is 18.2 Å². The number of benzene rings is 4. The lowest BCUT2D eigenvalue weighted by molar-refractivity contribution is 0.102. The van der Waals surface area contributed by atoms with Gasteiger partial charge in [0.15, 0.2) is 0 Å². The highest BCUT2D eigenvalue weighted by Crippen LogP contribution is 2.55. The number of rotatable bonds is 6. The van der Waals surface area contributed by atoms with E-state index in [1.54, 1.807) is 0 Å². The van der Waals surface area contributed by atoms with Crippen LogP contribution in [0.25, 0.3) is 0 Å². The Kier molecular flexibility index (Phi) is 6.99. The Morgan fingerprint density at radius 2 is 0.828 bits per heavy atom. The monoisotopic (exact) mass is 417 g/mol. The zero-order chi connectivity index (χ0) is 19.2. The molecule has 0 amide bonds. The first kappa shape index (κ1) is 21.0. The lowest BCUT2D eigenvalue weighted by atomic mass is 10.2. The average molecular weight is 418 g/mol. The molecule has 1 nitrogen and oxygen atoms in total. The topological polar surface area (TPSA) is 17.1 Å². The van der Waals surface area contributed by atoms with Gasteiger partial charge in [-0.25, -0.2) is 0 Å². The van der Waals surface area contributed by atoms with Crippen molar-refractivity contribution in [1.29, 1.82) is 0 Å². The van der Waals surface area contributed by atoms with Crippen molar-refractivity contribution in [1.82, 2.24) is 0 Å². The third kappa shape index (κ3) is 4.32. The number of carbonyl (C=O) groups is 1. The van der Waals surface area contributed by atoms with Crippen LogP contribution >= 0.6 is 19.7 Å². The standard InChI is InChI=1S/C26H22OP.ClH/c27-26(22-13-5-1-6-14-22)21-28(23-15-7-2-8-16-23,24-17-9-3-10-18-24)25-19-11-4-12-20-25;/h1-20H,21H2;1H/q+1;. The summed E-state index contributed by atoms with van der Waals surface area (Å²) < 4.78 is 0. The van der Waals surface area contributed by atoms with E-state index in [4.69, 9.17) is 0 Å². The number of carbonyl (C=O) groups excluding carboxylic acids is 1. The van der Waals surface area contributed by atoms with Crippen molar-refractivity contribution in [3.05, 3.63) is 127 Å². The Bertz CT molecular complexity index is 938. The van der Waals surface area contributed by atoms with Gasteiger partial charge in [0.05, 0.1) is 0 Å². The maximum atomic E-state index is 13.4. The van der Waals surface area contributed by atoms with E-state index in [0.717, 1.165) is 5.56 Å². The van der Waals surface area contributed by atoms with Crippen molar-refractivity contribution in [2.75, 3.05) is 6.16 Å². The molecular weight excluding hydrogens is 395 g/mol. The predicted molar refractivity (Wildman–Crippen MR) is 128 cm³/mol. The summed E-state index contributed by atoms with van der Waals surface area (Å²) in [5.41, 5.74) is 0.773. The van der Waals surface area contributed by atoms with E-state index in [2.05, 4.69) is 72.8 Å². The summed E-state index contributed by atoms with van der Waals surface area (Å²) in [6, 6.07) is 41.2. The Morgan fingerprint density at radius 3 is 1.17 bits per heavy atom. The van der Waals surface area contributed by atoms with Gasteiger partial charge in [-0.3, -0.25) is 4.79 Å². The van der Waals surface area contributed by atoms with Gasteiger partial charge in [-0.1, -0.05) is 84.9 Å². The first-order valence-electron chi connectivity index (χ1n) is 9.44. The quantitative estimate of drug-likeness (QED) is 0.308. The van der Waals surface area contributed by atoms with Crippen LogP contribution in [0.4, 0.5) is 0 Å². The molecular formula is C26H23ClOP+. The van der Waals surface area contributed by atoms with Crippen LogP contribution in [0.3, 0.4) is 0 Å². The van der Waals surface area contributed by atoms with Crippen LogP contribution in [0.2, 0.25) is 0 Å². The van der Waals surface area contributed by atoms with Gasteiger partial charge in [0.25, 0.3) is 0 Å². The van der Waals surface area contributed by atoms with Crippen LogP contribution < -0.4 is 15.9 Å². The average Bonchev–Trinajstić information content (AvgIpc) is 2.80. The van der Waals surface area contributed by atoms with Crippen molar-refractivity contribution < 1.29 is 4.79 Å². The first-order valence-corrected chi connectivity index (χ1v) is 11.4. The third-order valence-corrected chi connectivity index (χ3v) is 9.37. The zero-order valence-corrected chi connectivity index (χ0v) is 17.7. The van der Waals surface area contributed by atoms with Crippen molar-refractivity contribution in [3.63, 3.8) is 0 Å². The Morgan fingerprint density at radius 1 is 0.517 bits per heavy atom. The second-order valence-electron chi connectivity index (χ2n) is 6.76. The Hall–Kier alpha value is -2.73. The number of hydrogen-bond donors (Lipinski definition) is 0. The molecule has 3 heteroatoms. The van der Waals surface area contributed by atoms with E-state index >= 15 is 0 Å². The summed E-state index contributed by atoms with van der Waals surface area (Å²) >= 11 is 0. The number of Topliss-reactive ketones (excluding diaryl/α,β-unsaturated/α-hetero) is 1. The zero-order valence-electron chi connectivity index (χ0n) is 16.0. The van der Waals surface area contributed by atoms with Crippen molar-refractivity contribution in [2.24, 2.45) is 0 Å².